The van der Waals surface area contributed by atoms with Gasteiger partial charge in [-0.25, -0.2) is 0 Å². The van der Waals surface area contributed by atoms with Crippen LogP contribution in [-0.2, 0) is 0 Å². The minimum Gasteiger partial charge on any atom is -0.123 e. The molecule has 3 saturated carbocycles. The Kier molecular flexibility index (Phi) is 3.09. The van der Waals surface area contributed by atoms with E-state index in [9.17, 15) is 0 Å². The molecule has 0 amide bonds. The van der Waals surface area contributed by atoms with E-state index in [2.05, 4.69) is 19.9 Å². The van der Waals surface area contributed by atoms with E-state index in [1.165, 1.54) is 57.8 Å². The SMILES string of the molecule is C[C@@]12CCC[C@H]1[C@@H]1CC=C3C[C@H](Cl)CC[C@]3(C)[C@H]1CC2. The van der Waals surface area contributed by atoms with Crippen LogP contribution in [0.4, 0.5) is 0 Å². The van der Waals surface area contributed by atoms with Crippen molar-refractivity contribution in [3.05, 3.63) is 11.6 Å². The molecule has 4 aliphatic rings. The second kappa shape index (κ2) is 4.51. The maximum atomic E-state index is 6.44. The Morgan fingerprint density at radius 1 is 1.05 bits per heavy atom. The van der Waals surface area contributed by atoms with Crippen molar-refractivity contribution in [2.24, 2.45) is 28.6 Å². The molecule has 4 aliphatic carbocycles. The van der Waals surface area contributed by atoms with Crippen molar-refractivity contribution in [1.82, 2.24) is 0 Å². The van der Waals surface area contributed by atoms with Crippen molar-refractivity contribution >= 4 is 11.6 Å². The predicted octanol–water partition coefficient (Wildman–Crippen LogP) is 5.95. The summed E-state index contributed by atoms with van der Waals surface area (Å²) >= 11 is 6.44. The van der Waals surface area contributed by atoms with E-state index < -0.39 is 0 Å². The van der Waals surface area contributed by atoms with E-state index in [4.69, 9.17) is 11.6 Å². The molecular formula is C19H29Cl. The van der Waals surface area contributed by atoms with Crippen LogP contribution in [0.3, 0.4) is 0 Å². The highest BCUT2D eigenvalue weighted by atomic mass is 35.5. The fourth-order valence-corrected chi connectivity index (χ4v) is 6.88. The van der Waals surface area contributed by atoms with E-state index in [0.29, 0.717) is 16.2 Å². The number of hydrogen-bond acceptors (Lipinski definition) is 0. The van der Waals surface area contributed by atoms with Crippen LogP contribution in [0, 0.1) is 28.6 Å². The lowest BCUT2D eigenvalue weighted by Crippen LogP contribution is -2.48. The summed E-state index contributed by atoms with van der Waals surface area (Å²) in [6.45, 7) is 5.17. The zero-order valence-corrected chi connectivity index (χ0v) is 13.9. The molecule has 0 bridgehead atoms. The van der Waals surface area contributed by atoms with E-state index in [1.54, 1.807) is 5.57 Å². The Morgan fingerprint density at radius 2 is 1.90 bits per heavy atom. The van der Waals surface area contributed by atoms with Crippen molar-refractivity contribution in [3.8, 4) is 0 Å². The van der Waals surface area contributed by atoms with Crippen LogP contribution in [0.5, 0.6) is 0 Å². The van der Waals surface area contributed by atoms with Crippen LogP contribution in [-0.4, -0.2) is 5.38 Å². The van der Waals surface area contributed by atoms with Crippen LogP contribution in [0.1, 0.15) is 71.6 Å². The average molecular weight is 293 g/mol. The number of rotatable bonds is 0. The van der Waals surface area contributed by atoms with Crippen LogP contribution in [0.25, 0.3) is 0 Å². The van der Waals surface area contributed by atoms with Gasteiger partial charge in [0.25, 0.3) is 0 Å². The first kappa shape index (κ1) is 13.7. The Labute approximate surface area is 129 Å². The number of alkyl halides is 1. The standard InChI is InChI=1S/C19H29Cl/c1-18-9-3-4-16(18)15-6-5-13-12-14(20)7-11-19(13,2)17(15)8-10-18/h5,14-17H,3-4,6-12H2,1-2H3/t14-,15+,16+,17+,18+,19+/m1/s1. The lowest BCUT2D eigenvalue weighted by molar-refractivity contribution is -0.0245. The highest BCUT2D eigenvalue weighted by molar-refractivity contribution is 6.20. The molecule has 0 N–H and O–H groups in total. The average Bonchev–Trinajstić information content (AvgIpc) is 2.81. The Morgan fingerprint density at radius 3 is 2.75 bits per heavy atom. The van der Waals surface area contributed by atoms with Crippen molar-refractivity contribution in [1.29, 1.82) is 0 Å². The lowest BCUT2D eigenvalue weighted by atomic mass is 9.48. The molecule has 20 heavy (non-hydrogen) atoms. The number of allylic oxidation sites excluding steroid dienone is 2. The van der Waals surface area contributed by atoms with Gasteiger partial charge in [-0.2, -0.15) is 0 Å². The van der Waals surface area contributed by atoms with Gasteiger partial charge in [0, 0.05) is 5.38 Å². The maximum absolute atomic E-state index is 6.44. The van der Waals surface area contributed by atoms with Crippen molar-refractivity contribution in [3.63, 3.8) is 0 Å². The predicted molar refractivity (Wildman–Crippen MR) is 86.0 cm³/mol. The molecule has 0 aromatic rings. The summed E-state index contributed by atoms with van der Waals surface area (Å²) in [5, 5.41) is 0.409. The van der Waals surface area contributed by atoms with Crippen molar-refractivity contribution < 1.29 is 0 Å². The lowest BCUT2D eigenvalue weighted by Gasteiger charge is -2.57. The minimum atomic E-state index is 0.409. The molecular weight excluding hydrogens is 264 g/mol. The Balaban J connectivity index is 1.68. The first-order valence-corrected chi connectivity index (χ1v) is 9.30. The Hall–Kier alpha value is 0.0300. The normalized spacial score (nSPS) is 54.6. The van der Waals surface area contributed by atoms with Crippen LogP contribution < -0.4 is 0 Å². The topological polar surface area (TPSA) is 0 Å². The molecule has 0 spiro atoms. The van der Waals surface area contributed by atoms with Gasteiger partial charge >= 0.3 is 0 Å². The second-order valence-corrected chi connectivity index (χ2v) is 9.30. The summed E-state index contributed by atoms with van der Waals surface area (Å²) < 4.78 is 0. The zero-order valence-electron chi connectivity index (χ0n) is 13.1. The highest BCUT2D eigenvalue weighted by Crippen LogP contribution is 2.64. The van der Waals surface area contributed by atoms with Gasteiger partial charge in [0.2, 0.25) is 0 Å². The molecule has 0 heterocycles. The molecule has 112 valence electrons. The van der Waals surface area contributed by atoms with Gasteiger partial charge in [0.15, 0.2) is 0 Å². The highest BCUT2D eigenvalue weighted by Gasteiger charge is 2.55. The molecule has 0 aliphatic heterocycles. The molecule has 3 fully saturated rings. The molecule has 4 rings (SSSR count). The minimum absolute atomic E-state index is 0.409. The molecule has 0 aromatic carbocycles. The van der Waals surface area contributed by atoms with Gasteiger partial charge in [0.1, 0.15) is 0 Å². The van der Waals surface area contributed by atoms with Crippen LogP contribution in [0.15, 0.2) is 11.6 Å². The summed E-state index contributed by atoms with van der Waals surface area (Å²) in [5.74, 6) is 2.96. The third-order valence-corrected chi connectivity index (χ3v) is 8.20. The van der Waals surface area contributed by atoms with Gasteiger partial charge in [-0.15, -0.1) is 11.6 Å². The molecule has 0 saturated heterocycles. The first-order valence-electron chi connectivity index (χ1n) is 8.86. The molecule has 1 heteroatoms. The summed E-state index contributed by atoms with van der Waals surface area (Å²) in [7, 11) is 0. The molecule has 0 aromatic heterocycles. The van der Waals surface area contributed by atoms with Gasteiger partial charge in [-0.3, -0.25) is 0 Å². The summed E-state index contributed by atoms with van der Waals surface area (Å²) in [6.07, 6.45) is 15.2. The molecule has 6 atom stereocenters. The van der Waals surface area contributed by atoms with E-state index >= 15 is 0 Å². The molecule has 0 radical (unpaired) electrons. The van der Waals surface area contributed by atoms with E-state index in [1.807, 2.05) is 0 Å². The van der Waals surface area contributed by atoms with Crippen LogP contribution >= 0.6 is 11.6 Å². The number of halogens is 1. The zero-order chi connectivity index (χ0) is 14.0. The smallest absolute Gasteiger partial charge is 0.0373 e. The summed E-state index contributed by atoms with van der Waals surface area (Å²) in [5.41, 5.74) is 2.91. The summed E-state index contributed by atoms with van der Waals surface area (Å²) in [6, 6.07) is 0. The van der Waals surface area contributed by atoms with Crippen molar-refractivity contribution in [2.45, 2.75) is 77.0 Å². The maximum Gasteiger partial charge on any atom is 0.0373 e. The molecule has 0 nitrogen and oxygen atoms in total. The third-order valence-electron chi connectivity index (χ3n) is 7.82. The van der Waals surface area contributed by atoms with E-state index in [-0.39, 0.29) is 0 Å². The van der Waals surface area contributed by atoms with Crippen LogP contribution in [0.2, 0.25) is 0 Å². The van der Waals surface area contributed by atoms with Gasteiger partial charge in [0.05, 0.1) is 0 Å². The number of fused-ring (bicyclic) bond motifs is 5. The Bertz CT molecular complexity index is 439. The summed E-state index contributed by atoms with van der Waals surface area (Å²) in [4.78, 5) is 0. The quantitative estimate of drug-likeness (QED) is 0.382. The number of hydrogen-bond donors (Lipinski definition) is 0. The van der Waals surface area contributed by atoms with Gasteiger partial charge in [-0.05, 0) is 80.0 Å². The van der Waals surface area contributed by atoms with E-state index in [0.717, 1.165) is 17.8 Å². The molecule has 0 unspecified atom stereocenters. The third kappa shape index (κ3) is 1.79. The van der Waals surface area contributed by atoms with Gasteiger partial charge in [-0.1, -0.05) is 31.9 Å². The monoisotopic (exact) mass is 292 g/mol. The first-order chi connectivity index (χ1) is 9.53. The fourth-order valence-electron chi connectivity index (χ4n) is 6.61. The van der Waals surface area contributed by atoms with Crippen molar-refractivity contribution in [2.75, 3.05) is 0 Å². The second-order valence-electron chi connectivity index (χ2n) is 8.68. The fraction of sp³-hybridized carbons (Fsp3) is 0.895. The van der Waals surface area contributed by atoms with Gasteiger partial charge < -0.3 is 0 Å². The largest absolute Gasteiger partial charge is 0.123 e.